The summed E-state index contributed by atoms with van der Waals surface area (Å²) in [4.78, 5) is 4.24. The molecule has 2 heterocycles. The predicted octanol–water partition coefficient (Wildman–Crippen LogP) is 1.64. The number of hydrogen-bond donors (Lipinski definition) is 1. The fourth-order valence-corrected chi connectivity index (χ4v) is 1.62. The number of aromatic nitrogens is 3. The molecule has 0 bridgehead atoms. The first-order valence-electron chi connectivity index (χ1n) is 5.47. The van der Waals surface area contributed by atoms with E-state index in [9.17, 15) is 0 Å². The van der Waals surface area contributed by atoms with Crippen LogP contribution in [0.4, 0.5) is 0 Å². The van der Waals surface area contributed by atoms with Gasteiger partial charge >= 0.3 is 0 Å². The molecule has 0 saturated carbocycles. The second-order valence-electron chi connectivity index (χ2n) is 3.85. The molecule has 2 aromatic rings. The van der Waals surface area contributed by atoms with Crippen LogP contribution in [0.3, 0.4) is 0 Å². The molecule has 90 valence electrons. The summed E-state index contributed by atoms with van der Waals surface area (Å²) in [5.41, 5.74) is 1.95. The van der Waals surface area contributed by atoms with Gasteiger partial charge < -0.3 is 10.1 Å². The molecule has 0 unspecified atom stereocenters. The SMILES string of the molecule is CNCc1cccnc1Oc1cc(C)nn1C. The Bertz CT molecular complexity index is 507. The summed E-state index contributed by atoms with van der Waals surface area (Å²) >= 11 is 0. The molecule has 0 aliphatic carbocycles. The van der Waals surface area contributed by atoms with Crippen LogP contribution in [-0.2, 0) is 13.6 Å². The minimum Gasteiger partial charge on any atom is -0.421 e. The number of pyridine rings is 1. The summed E-state index contributed by atoms with van der Waals surface area (Å²) in [6.45, 7) is 2.65. The molecule has 0 amide bonds. The summed E-state index contributed by atoms with van der Waals surface area (Å²) in [6, 6.07) is 5.77. The van der Waals surface area contributed by atoms with E-state index in [0.717, 1.165) is 17.8 Å². The van der Waals surface area contributed by atoms with Crippen molar-refractivity contribution in [3.05, 3.63) is 35.7 Å². The van der Waals surface area contributed by atoms with Gasteiger partial charge in [-0.05, 0) is 20.0 Å². The monoisotopic (exact) mass is 232 g/mol. The van der Waals surface area contributed by atoms with Crippen LogP contribution in [0.2, 0.25) is 0 Å². The third-order valence-corrected chi connectivity index (χ3v) is 2.38. The van der Waals surface area contributed by atoms with Crippen molar-refractivity contribution in [1.29, 1.82) is 0 Å². The topological polar surface area (TPSA) is 52.0 Å². The smallest absolute Gasteiger partial charge is 0.225 e. The van der Waals surface area contributed by atoms with Crippen LogP contribution in [0.15, 0.2) is 24.4 Å². The molecule has 17 heavy (non-hydrogen) atoms. The van der Waals surface area contributed by atoms with Gasteiger partial charge in [-0.2, -0.15) is 5.10 Å². The lowest BCUT2D eigenvalue weighted by Gasteiger charge is -2.08. The Morgan fingerprint density at radius 2 is 2.29 bits per heavy atom. The highest BCUT2D eigenvalue weighted by Gasteiger charge is 2.08. The normalized spacial score (nSPS) is 10.5. The van der Waals surface area contributed by atoms with Gasteiger partial charge in [0.1, 0.15) is 0 Å². The lowest BCUT2D eigenvalue weighted by molar-refractivity contribution is 0.409. The van der Waals surface area contributed by atoms with Gasteiger partial charge in [-0.15, -0.1) is 0 Å². The third kappa shape index (κ3) is 2.62. The Kier molecular flexibility index (Phi) is 3.39. The maximum absolute atomic E-state index is 5.76. The number of aryl methyl sites for hydroxylation is 2. The van der Waals surface area contributed by atoms with Gasteiger partial charge in [-0.25, -0.2) is 9.67 Å². The lowest BCUT2D eigenvalue weighted by Crippen LogP contribution is -2.07. The van der Waals surface area contributed by atoms with E-state index in [-0.39, 0.29) is 0 Å². The zero-order chi connectivity index (χ0) is 12.3. The first-order chi connectivity index (χ1) is 8.20. The van der Waals surface area contributed by atoms with Crippen LogP contribution in [0, 0.1) is 6.92 Å². The summed E-state index contributed by atoms with van der Waals surface area (Å²) in [5.74, 6) is 1.31. The highest BCUT2D eigenvalue weighted by atomic mass is 16.5. The van der Waals surface area contributed by atoms with Crippen LogP contribution >= 0.6 is 0 Å². The Balaban J connectivity index is 2.26. The molecule has 2 rings (SSSR count). The van der Waals surface area contributed by atoms with Gasteiger partial charge in [-0.3, -0.25) is 0 Å². The summed E-state index contributed by atoms with van der Waals surface area (Å²) in [5, 5.41) is 7.32. The number of nitrogens with zero attached hydrogens (tertiary/aromatic N) is 3. The number of rotatable bonds is 4. The van der Waals surface area contributed by atoms with Crippen molar-refractivity contribution in [3.63, 3.8) is 0 Å². The molecule has 0 aromatic carbocycles. The number of hydrogen-bond acceptors (Lipinski definition) is 4. The van der Waals surface area contributed by atoms with Crippen LogP contribution in [-0.4, -0.2) is 21.8 Å². The lowest BCUT2D eigenvalue weighted by atomic mass is 10.3. The van der Waals surface area contributed by atoms with Gasteiger partial charge in [0.2, 0.25) is 11.8 Å². The molecule has 0 fully saturated rings. The van der Waals surface area contributed by atoms with Crippen LogP contribution in [0.5, 0.6) is 11.8 Å². The molecule has 1 N–H and O–H groups in total. The molecule has 0 radical (unpaired) electrons. The second-order valence-corrected chi connectivity index (χ2v) is 3.85. The van der Waals surface area contributed by atoms with E-state index in [2.05, 4.69) is 15.4 Å². The van der Waals surface area contributed by atoms with Crippen molar-refractivity contribution >= 4 is 0 Å². The second kappa shape index (κ2) is 4.97. The fourth-order valence-electron chi connectivity index (χ4n) is 1.62. The average Bonchev–Trinajstić information content (AvgIpc) is 2.61. The molecule has 0 spiro atoms. The minimum absolute atomic E-state index is 0.616. The molecule has 0 saturated heterocycles. The van der Waals surface area contributed by atoms with E-state index in [0.29, 0.717) is 11.8 Å². The third-order valence-electron chi connectivity index (χ3n) is 2.38. The van der Waals surface area contributed by atoms with Crippen molar-refractivity contribution in [2.45, 2.75) is 13.5 Å². The quantitative estimate of drug-likeness (QED) is 0.870. The summed E-state index contributed by atoms with van der Waals surface area (Å²) in [6.07, 6.45) is 1.72. The maximum Gasteiger partial charge on any atom is 0.225 e. The van der Waals surface area contributed by atoms with Gasteiger partial charge in [0.15, 0.2) is 0 Å². The number of nitrogens with one attached hydrogen (secondary N) is 1. The van der Waals surface area contributed by atoms with Gasteiger partial charge in [0.25, 0.3) is 0 Å². The van der Waals surface area contributed by atoms with E-state index < -0.39 is 0 Å². The fraction of sp³-hybridized carbons (Fsp3) is 0.333. The van der Waals surface area contributed by atoms with Crippen LogP contribution in [0.25, 0.3) is 0 Å². The van der Waals surface area contributed by atoms with E-state index >= 15 is 0 Å². The van der Waals surface area contributed by atoms with E-state index in [1.165, 1.54) is 0 Å². The van der Waals surface area contributed by atoms with Crippen molar-refractivity contribution in [3.8, 4) is 11.8 Å². The molecule has 0 aliphatic rings. The molecule has 0 atom stereocenters. The molecular formula is C12H16N4O. The number of ether oxygens (including phenoxy) is 1. The highest BCUT2D eigenvalue weighted by molar-refractivity contribution is 5.29. The Morgan fingerprint density at radius 1 is 1.47 bits per heavy atom. The molecule has 2 aromatic heterocycles. The van der Waals surface area contributed by atoms with Gasteiger partial charge in [-0.1, -0.05) is 6.07 Å². The predicted molar refractivity (Wildman–Crippen MR) is 65.0 cm³/mol. The Hall–Kier alpha value is -1.88. The van der Waals surface area contributed by atoms with Gasteiger partial charge in [0, 0.05) is 31.4 Å². The molecule has 5 nitrogen and oxygen atoms in total. The molecule has 5 heteroatoms. The van der Waals surface area contributed by atoms with E-state index in [1.807, 2.05) is 39.2 Å². The molecular weight excluding hydrogens is 216 g/mol. The Morgan fingerprint density at radius 3 is 2.94 bits per heavy atom. The van der Waals surface area contributed by atoms with Gasteiger partial charge in [0.05, 0.1) is 5.69 Å². The van der Waals surface area contributed by atoms with E-state index in [4.69, 9.17) is 4.74 Å². The van der Waals surface area contributed by atoms with Crippen molar-refractivity contribution in [2.75, 3.05) is 7.05 Å². The van der Waals surface area contributed by atoms with E-state index in [1.54, 1.807) is 10.9 Å². The largest absolute Gasteiger partial charge is 0.421 e. The average molecular weight is 232 g/mol. The standard InChI is InChI=1S/C12H16N4O/c1-9-7-11(16(3)15-9)17-12-10(8-13-2)5-4-6-14-12/h4-7,13H,8H2,1-3H3. The first-order valence-corrected chi connectivity index (χ1v) is 5.47. The van der Waals surface area contributed by atoms with Crippen molar-refractivity contribution < 1.29 is 4.74 Å². The first kappa shape index (κ1) is 11.6. The highest BCUT2D eigenvalue weighted by Crippen LogP contribution is 2.22. The zero-order valence-corrected chi connectivity index (χ0v) is 10.3. The van der Waals surface area contributed by atoms with Crippen molar-refractivity contribution in [2.24, 2.45) is 7.05 Å². The van der Waals surface area contributed by atoms with Crippen LogP contribution < -0.4 is 10.1 Å². The molecule has 0 aliphatic heterocycles. The Labute approximate surface area is 100 Å². The zero-order valence-electron chi connectivity index (χ0n) is 10.3. The van der Waals surface area contributed by atoms with Crippen molar-refractivity contribution in [1.82, 2.24) is 20.1 Å². The minimum atomic E-state index is 0.616. The van der Waals surface area contributed by atoms with Crippen LogP contribution in [0.1, 0.15) is 11.3 Å². The maximum atomic E-state index is 5.76. The summed E-state index contributed by atoms with van der Waals surface area (Å²) in [7, 11) is 3.74. The summed E-state index contributed by atoms with van der Waals surface area (Å²) < 4.78 is 7.46.